The number of aliphatic hydroxyl groups is 1. The zero-order valence-electron chi connectivity index (χ0n) is 11.7. The normalized spacial score (nSPS) is 22.4. The molecule has 3 rings (SSSR count). The van der Waals surface area contributed by atoms with Crippen molar-refractivity contribution in [1.29, 1.82) is 5.26 Å². The van der Waals surface area contributed by atoms with Crippen LogP contribution in [0.2, 0.25) is 0 Å². The van der Waals surface area contributed by atoms with Crippen LogP contribution in [0.25, 0.3) is 0 Å². The van der Waals surface area contributed by atoms with Crippen LogP contribution in [-0.4, -0.2) is 53.7 Å². The Morgan fingerprint density at radius 3 is 2.35 bits per heavy atom. The van der Waals surface area contributed by atoms with Crippen LogP contribution in [0, 0.1) is 11.3 Å². The molecule has 20 heavy (non-hydrogen) atoms. The van der Waals surface area contributed by atoms with Gasteiger partial charge in [0.1, 0.15) is 0 Å². The molecule has 0 spiro atoms. The summed E-state index contributed by atoms with van der Waals surface area (Å²) in [6, 6.07) is 10.2. The molecule has 1 saturated heterocycles. The van der Waals surface area contributed by atoms with Gasteiger partial charge in [0.2, 0.25) is 0 Å². The van der Waals surface area contributed by atoms with E-state index in [1.807, 2.05) is 12.1 Å². The lowest BCUT2D eigenvalue weighted by molar-refractivity contribution is 0.0700. The number of rotatable bonds is 4. The maximum absolute atomic E-state index is 10.3. The molecule has 0 amide bonds. The summed E-state index contributed by atoms with van der Waals surface area (Å²) >= 11 is 0. The smallest absolute Gasteiger partial charge is 0.0991 e. The van der Waals surface area contributed by atoms with Gasteiger partial charge in [-0.15, -0.1) is 0 Å². The van der Waals surface area contributed by atoms with Crippen molar-refractivity contribution in [2.45, 2.75) is 25.0 Å². The van der Waals surface area contributed by atoms with Gasteiger partial charge in [0.05, 0.1) is 17.7 Å². The highest BCUT2D eigenvalue weighted by molar-refractivity contribution is 5.32. The maximum atomic E-state index is 10.3. The molecule has 4 nitrogen and oxygen atoms in total. The van der Waals surface area contributed by atoms with Gasteiger partial charge in [0.25, 0.3) is 0 Å². The lowest BCUT2D eigenvalue weighted by atomic mass is 10.1. The Kier molecular flexibility index (Phi) is 4.02. The highest BCUT2D eigenvalue weighted by Crippen LogP contribution is 2.27. The van der Waals surface area contributed by atoms with Crippen LogP contribution >= 0.6 is 0 Å². The standard InChI is InChI=1S/C16H21N3O/c17-11-13-1-3-14(4-2-13)16(20)12-18-7-9-19(10-8-18)15-5-6-15/h1-4,15-16,20H,5-10,12H2. The summed E-state index contributed by atoms with van der Waals surface area (Å²) < 4.78 is 0. The largest absolute Gasteiger partial charge is 0.387 e. The molecule has 1 aromatic rings. The minimum Gasteiger partial charge on any atom is -0.387 e. The van der Waals surface area contributed by atoms with E-state index >= 15 is 0 Å². The van der Waals surface area contributed by atoms with Gasteiger partial charge in [0, 0.05) is 38.8 Å². The van der Waals surface area contributed by atoms with Gasteiger partial charge in [-0.05, 0) is 30.5 Å². The van der Waals surface area contributed by atoms with Gasteiger partial charge in [-0.1, -0.05) is 12.1 Å². The van der Waals surface area contributed by atoms with E-state index in [2.05, 4.69) is 15.9 Å². The Labute approximate surface area is 120 Å². The van der Waals surface area contributed by atoms with Crippen LogP contribution in [0.4, 0.5) is 0 Å². The molecular formula is C16H21N3O. The summed E-state index contributed by atoms with van der Waals surface area (Å²) in [6.45, 7) is 5.04. The van der Waals surface area contributed by atoms with Crippen LogP contribution in [0.3, 0.4) is 0 Å². The van der Waals surface area contributed by atoms with E-state index in [-0.39, 0.29) is 0 Å². The van der Waals surface area contributed by atoms with E-state index in [4.69, 9.17) is 5.26 Å². The van der Waals surface area contributed by atoms with E-state index in [0.717, 1.165) is 37.8 Å². The van der Waals surface area contributed by atoms with Crippen molar-refractivity contribution < 1.29 is 5.11 Å². The first-order valence-corrected chi connectivity index (χ1v) is 7.41. The van der Waals surface area contributed by atoms with Crippen LogP contribution in [0.15, 0.2) is 24.3 Å². The second kappa shape index (κ2) is 5.92. The topological polar surface area (TPSA) is 50.5 Å². The van der Waals surface area contributed by atoms with Crippen LogP contribution in [0.5, 0.6) is 0 Å². The van der Waals surface area contributed by atoms with Gasteiger partial charge in [-0.3, -0.25) is 9.80 Å². The van der Waals surface area contributed by atoms with Crippen molar-refractivity contribution in [3.63, 3.8) is 0 Å². The molecule has 1 heterocycles. The molecule has 106 valence electrons. The van der Waals surface area contributed by atoms with E-state index in [1.165, 1.54) is 12.8 Å². The van der Waals surface area contributed by atoms with Gasteiger partial charge in [0.15, 0.2) is 0 Å². The van der Waals surface area contributed by atoms with E-state index in [9.17, 15) is 5.11 Å². The lowest BCUT2D eigenvalue weighted by Gasteiger charge is -2.35. The minimum atomic E-state index is -0.463. The summed E-state index contributed by atoms with van der Waals surface area (Å²) in [5, 5.41) is 19.1. The maximum Gasteiger partial charge on any atom is 0.0991 e. The van der Waals surface area contributed by atoms with Crippen LogP contribution in [0.1, 0.15) is 30.1 Å². The number of benzene rings is 1. The number of piperazine rings is 1. The summed E-state index contributed by atoms with van der Waals surface area (Å²) in [5.41, 5.74) is 1.53. The molecule has 1 aromatic carbocycles. The fourth-order valence-corrected chi connectivity index (χ4v) is 2.88. The molecule has 1 atom stereocenters. The zero-order chi connectivity index (χ0) is 13.9. The Bertz CT molecular complexity index is 481. The Morgan fingerprint density at radius 1 is 1.15 bits per heavy atom. The van der Waals surface area contributed by atoms with Crippen molar-refractivity contribution in [1.82, 2.24) is 9.80 Å². The lowest BCUT2D eigenvalue weighted by Crippen LogP contribution is -2.48. The van der Waals surface area contributed by atoms with Gasteiger partial charge >= 0.3 is 0 Å². The number of aliphatic hydroxyl groups excluding tert-OH is 1. The molecule has 0 bridgehead atoms. The fraction of sp³-hybridized carbons (Fsp3) is 0.562. The first kappa shape index (κ1) is 13.6. The number of nitriles is 1. The first-order valence-electron chi connectivity index (χ1n) is 7.41. The number of hydrogen-bond acceptors (Lipinski definition) is 4. The molecule has 4 heteroatoms. The number of nitrogens with zero attached hydrogens (tertiary/aromatic N) is 3. The van der Waals surface area contributed by atoms with Crippen LogP contribution < -0.4 is 0 Å². The van der Waals surface area contributed by atoms with Gasteiger partial charge in [-0.2, -0.15) is 5.26 Å². The Balaban J connectivity index is 1.50. The molecular weight excluding hydrogens is 250 g/mol. The molecule has 2 aliphatic rings. The van der Waals surface area contributed by atoms with Crippen molar-refractivity contribution >= 4 is 0 Å². The highest BCUT2D eigenvalue weighted by Gasteiger charge is 2.31. The minimum absolute atomic E-state index is 0.463. The molecule has 0 aromatic heterocycles. The van der Waals surface area contributed by atoms with Crippen molar-refractivity contribution in [2.75, 3.05) is 32.7 Å². The second-order valence-corrected chi connectivity index (χ2v) is 5.82. The molecule has 1 unspecified atom stereocenters. The third-order valence-corrected chi connectivity index (χ3v) is 4.33. The number of hydrogen-bond donors (Lipinski definition) is 1. The molecule has 1 N–H and O–H groups in total. The van der Waals surface area contributed by atoms with E-state index in [0.29, 0.717) is 12.1 Å². The highest BCUT2D eigenvalue weighted by atomic mass is 16.3. The van der Waals surface area contributed by atoms with Gasteiger partial charge < -0.3 is 5.11 Å². The van der Waals surface area contributed by atoms with Gasteiger partial charge in [-0.25, -0.2) is 0 Å². The van der Waals surface area contributed by atoms with Crippen molar-refractivity contribution in [3.8, 4) is 6.07 Å². The summed E-state index contributed by atoms with van der Waals surface area (Å²) in [7, 11) is 0. The molecule has 1 saturated carbocycles. The number of β-amino-alcohol motifs (C(OH)–C–C–N with tert-alkyl or cyclic N) is 1. The fourth-order valence-electron chi connectivity index (χ4n) is 2.88. The van der Waals surface area contributed by atoms with Crippen LogP contribution in [-0.2, 0) is 0 Å². The third-order valence-electron chi connectivity index (χ3n) is 4.33. The molecule has 0 radical (unpaired) electrons. The SMILES string of the molecule is N#Cc1ccc(C(O)CN2CCN(C3CC3)CC2)cc1. The van der Waals surface area contributed by atoms with Crippen molar-refractivity contribution in [2.24, 2.45) is 0 Å². The Hall–Kier alpha value is -1.41. The average Bonchev–Trinajstić information content (AvgIpc) is 3.33. The quantitative estimate of drug-likeness (QED) is 0.898. The molecule has 1 aliphatic heterocycles. The average molecular weight is 271 g/mol. The van der Waals surface area contributed by atoms with E-state index in [1.54, 1.807) is 12.1 Å². The molecule has 2 fully saturated rings. The summed E-state index contributed by atoms with van der Waals surface area (Å²) in [4.78, 5) is 4.91. The summed E-state index contributed by atoms with van der Waals surface area (Å²) in [5.74, 6) is 0. The van der Waals surface area contributed by atoms with E-state index < -0.39 is 6.10 Å². The second-order valence-electron chi connectivity index (χ2n) is 5.82. The van der Waals surface area contributed by atoms with Crippen molar-refractivity contribution in [3.05, 3.63) is 35.4 Å². The predicted octanol–water partition coefficient (Wildman–Crippen LogP) is 1.37. The summed E-state index contributed by atoms with van der Waals surface area (Å²) in [6.07, 6.45) is 2.28. The monoisotopic (exact) mass is 271 g/mol. The molecule has 1 aliphatic carbocycles. The zero-order valence-corrected chi connectivity index (χ0v) is 11.7. The third kappa shape index (κ3) is 3.18. The predicted molar refractivity (Wildman–Crippen MR) is 77.2 cm³/mol. The Morgan fingerprint density at radius 2 is 1.80 bits per heavy atom. The first-order chi connectivity index (χ1) is 9.76.